The molecule has 1 aromatic carbocycles. The second-order valence-electron chi connectivity index (χ2n) is 5.69. The second kappa shape index (κ2) is 5.59. The van der Waals surface area contributed by atoms with Crippen molar-refractivity contribution in [3.05, 3.63) is 24.0 Å². The van der Waals surface area contributed by atoms with Crippen molar-refractivity contribution in [3.63, 3.8) is 0 Å². The molecular formula is C15H23FN2. The van der Waals surface area contributed by atoms with Gasteiger partial charge in [0.2, 0.25) is 0 Å². The van der Waals surface area contributed by atoms with Gasteiger partial charge in [-0.2, -0.15) is 0 Å². The molecule has 100 valence electrons. The van der Waals surface area contributed by atoms with Gasteiger partial charge in [0.05, 0.1) is 11.4 Å². The quantitative estimate of drug-likeness (QED) is 0.823. The molecule has 0 amide bonds. The van der Waals surface area contributed by atoms with Crippen LogP contribution in [0.25, 0.3) is 0 Å². The number of nitrogens with two attached hydrogens (primary N) is 1. The molecule has 0 unspecified atom stereocenters. The Kier molecular flexibility index (Phi) is 4.10. The number of hydrogen-bond acceptors (Lipinski definition) is 2. The highest BCUT2D eigenvalue weighted by Gasteiger charge is 2.24. The standard InChI is InChI=1S/C15H23FN2/c1-11(2)10-18(13-5-3-4-6-13)15-9-12(16)7-8-14(15)17/h7-9,11,13H,3-6,10,17H2,1-2H3. The number of rotatable bonds is 4. The molecule has 3 heteroatoms. The Balaban J connectivity index is 2.29. The van der Waals surface area contributed by atoms with Gasteiger partial charge in [0.15, 0.2) is 0 Å². The van der Waals surface area contributed by atoms with E-state index < -0.39 is 0 Å². The van der Waals surface area contributed by atoms with E-state index in [0.717, 1.165) is 12.2 Å². The zero-order valence-corrected chi connectivity index (χ0v) is 11.3. The van der Waals surface area contributed by atoms with E-state index in [1.807, 2.05) is 0 Å². The van der Waals surface area contributed by atoms with E-state index in [-0.39, 0.29) is 5.82 Å². The van der Waals surface area contributed by atoms with Crippen LogP contribution in [-0.2, 0) is 0 Å². The van der Waals surface area contributed by atoms with Crippen LogP contribution in [0.4, 0.5) is 15.8 Å². The summed E-state index contributed by atoms with van der Waals surface area (Å²) in [6, 6.07) is 5.21. The monoisotopic (exact) mass is 250 g/mol. The van der Waals surface area contributed by atoms with Crippen LogP contribution in [0.3, 0.4) is 0 Å². The molecule has 1 aliphatic rings. The van der Waals surface area contributed by atoms with Crippen LogP contribution >= 0.6 is 0 Å². The van der Waals surface area contributed by atoms with Gasteiger partial charge < -0.3 is 10.6 Å². The Bertz CT molecular complexity index is 397. The van der Waals surface area contributed by atoms with Crippen LogP contribution < -0.4 is 10.6 Å². The average Bonchev–Trinajstić information content (AvgIpc) is 2.82. The molecule has 0 radical (unpaired) electrons. The highest BCUT2D eigenvalue weighted by molar-refractivity contribution is 5.68. The van der Waals surface area contributed by atoms with Gasteiger partial charge in [-0.15, -0.1) is 0 Å². The Morgan fingerprint density at radius 1 is 1.33 bits per heavy atom. The maximum atomic E-state index is 13.4. The minimum Gasteiger partial charge on any atom is -0.397 e. The van der Waals surface area contributed by atoms with Crippen LogP contribution in [0.5, 0.6) is 0 Å². The van der Waals surface area contributed by atoms with Crippen molar-refractivity contribution in [1.82, 2.24) is 0 Å². The first kappa shape index (κ1) is 13.2. The Hall–Kier alpha value is -1.25. The van der Waals surface area contributed by atoms with E-state index >= 15 is 0 Å². The zero-order chi connectivity index (χ0) is 13.1. The van der Waals surface area contributed by atoms with E-state index in [2.05, 4.69) is 18.7 Å². The van der Waals surface area contributed by atoms with Crippen molar-refractivity contribution in [1.29, 1.82) is 0 Å². The molecular weight excluding hydrogens is 227 g/mol. The minimum absolute atomic E-state index is 0.203. The van der Waals surface area contributed by atoms with E-state index in [1.54, 1.807) is 12.1 Å². The first-order valence-electron chi connectivity index (χ1n) is 6.89. The summed E-state index contributed by atoms with van der Waals surface area (Å²) in [6.07, 6.45) is 4.94. The van der Waals surface area contributed by atoms with Gasteiger partial charge in [0.25, 0.3) is 0 Å². The largest absolute Gasteiger partial charge is 0.397 e. The van der Waals surface area contributed by atoms with Crippen LogP contribution in [-0.4, -0.2) is 12.6 Å². The lowest BCUT2D eigenvalue weighted by Crippen LogP contribution is -2.36. The lowest BCUT2D eigenvalue weighted by molar-refractivity contribution is 0.534. The maximum Gasteiger partial charge on any atom is 0.125 e. The first-order chi connectivity index (χ1) is 8.58. The Labute approximate surface area is 109 Å². The van der Waals surface area contributed by atoms with Crippen molar-refractivity contribution in [2.45, 2.75) is 45.6 Å². The summed E-state index contributed by atoms with van der Waals surface area (Å²) >= 11 is 0. The molecule has 0 saturated heterocycles. The van der Waals surface area contributed by atoms with Crippen LogP contribution in [0.15, 0.2) is 18.2 Å². The third-order valence-electron chi connectivity index (χ3n) is 3.63. The molecule has 0 atom stereocenters. The van der Waals surface area contributed by atoms with Gasteiger partial charge in [-0.3, -0.25) is 0 Å². The van der Waals surface area contributed by atoms with E-state index in [0.29, 0.717) is 17.6 Å². The number of hydrogen-bond donors (Lipinski definition) is 1. The summed E-state index contributed by atoms with van der Waals surface area (Å²) in [5.74, 6) is 0.347. The smallest absolute Gasteiger partial charge is 0.125 e. The highest BCUT2D eigenvalue weighted by Crippen LogP contribution is 2.32. The van der Waals surface area contributed by atoms with Crippen LogP contribution in [0.1, 0.15) is 39.5 Å². The van der Waals surface area contributed by atoms with Crippen molar-refractivity contribution >= 4 is 11.4 Å². The summed E-state index contributed by atoms with van der Waals surface area (Å²) in [4.78, 5) is 2.32. The normalized spacial score (nSPS) is 16.4. The lowest BCUT2D eigenvalue weighted by atomic mass is 10.1. The molecule has 1 aromatic rings. The molecule has 0 aromatic heterocycles. The molecule has 0 bridgehead atoms. The summed E-state index contributed by atoms with van der Waals surface area (Å²) in [7, 11) is 0. The summed E-state index contributed by atoms with van der Waals surface area (Å²) in [5.41, 5.74) is 7.58. The number of nitrogen functional groups attached to an aromatic ring is 1. The average molecular weight is 250 g/mol. The topological polar surface area (TPSA) is 29.3 Å². The summed E-state index contributed by atoms with van der Waals surface area (Å²) in [5, 5.41) is 0. The minimum atomic E-state index is -0.203. The van der Waals surface area contributed by atoms with Gasteiger partial charge in [-0.25, -0.2) is 4.39 Å². The van der Waals surface area contributed by atoms with Gasteiger partial charge in [0.1, 0.15) is 5.82 Å². The fourth-order valence-corrected chi connectivity index (χ4v) is 2.82. The van der Waals surface area contributed by atoms with Crippen LogP contribution in [0.2, 0.25) is 0 Å². The molecule has 2 nitrogen and oxygen atoms in total. The first-order valence-corrected chi connectivity index (χ1v) is 6.89. The van der Waals surface area contributed by atoms with Crippen molar-refractivity contribution in [2.75, 3.05) is 17.2 Å². The Morgan fingerprint density at radius 3 is 2.61 bits per heavy atom. The van der Waals surface area contributed by atoms with Crippen molar-refractivity contribution in [2.24, 2.45) is 5.92 Å². The fraction of sp³-hybridized carbons (Fsp3) is 0.600. The number of nitrogens with zero attached hydrogens (tertiary/aromatic N) is 1. The molecule has 1 aliphatic carbocycles. The van der Waals surface area contributed by atoms with E-state index in [9.17, 15) is 4.39 Å². The zero-order valence-electron chi connectivity index (χ0n) is 11.3. The number of halogens is 1. The second-order valence-corrected chi connectivity index (χ2v) is 5.69. The summed E-state index contributed by atoms with van der Waals surface area (Å²) < 4.78 is 13.4. The van der Waals surface area contributed by atoms with E-state index in [1.165, 1.54) is 31.7 Å². The number of anilines is 2. The molecule has 0 aliphatic heterocycles. The molecule has 0 spiro atoms. The molecule has 18 heavy (non-hydrogen) atoms. The Morgan fingerprint density at radius 2 is 2.00 bits per heavy atom. The predicted octanol–water partition coefficient (Wildman–Crippen LogP) is 3.81. The molecule has 2 rings (SSSR count). The molecule has 0 heterocycles. The molecule has 1 fully saturated rings. The maximum absolute atomic E-state index is 13.4. The third kappa shape index (κ3) is 2.95. The van der Waals surface area contributed by atoms with Crippen molar-refractivity contribution in [3.8, 4) is 0 Å². The van der Waals surface area contributed by atoms with Crippen molar-refractivity contribution < 1.29 is 4.39 Å². The van der Waals surface area contributed by atoms with Gasteiger partial charge in [-0.1, -0.05) is 26.7 Å². The van der Waals surface area contributed by atoms with Gasteiger partial charge in [0, 0.05) is 12.6 Å². The molecule has 1 saturated carbocycles. The van der Waals surface area contributed by atoms with Gasteiger partial charge >= 0.3 is 0 Å². The predicted molar refractivity (Wildman–Crippen MR) is 75.3 cm³/mol. The SMILES string of the molecule is CC(C)CN(c1cc(F)ccc1N)C1CCCC1. The lowest BCUT2D eigenvalue weighted by Gasteiger charge is -2.33. The van der Waals surface area contributed by atoms with Gasteiger partial charge in [-0.05, 0) is 37.0 Å². The van der Waals surface area contributed by atoms with Crippen LogP contribution in [0, 0.1) is 11.7 Å². The van der Waals surface area contributed by atoms with E-state index in [4.69, 9.17) is 5.73 Å². The number of benzene rings is 1. The third-order valence-corrected chi connectivity index (χ3v) is 3.63. The fourth-order valence-electron chi connectivity index (χ4n) is 2.82. The molecule has 2 N–H and O–H groups in total. The highest BCUT2D eigenvalue weighted by atomic mass is 19.1. The summed E-state index contributed by atoms with van der Waals surface area (Å²) in [6.45, 7) is 5.33.